The Bertz CT molecular complexity index is 383. The Balaban J connectivity index is 4.73. The molecule has 0 saturated heterocycles. The van der Waals surface area contributed by atoms with Crippen LogP contribution in [0, 0.1) is 5.92 Å². The Morgan fingerprint density at radius 1 is 1.00 bits per heavy atom. The van der Waals surface area contributed by atoms with Crippen molar-refractivity contribution in [2.24, 2.45) is 5.92 Å². The molecule has 0 spiro atoms. The summed E-state index contributed by atoms with van der Waals surface area (Å²) in [6.45, 7) is 7.45. The van der Waals surface area contributed by atoms with Gasteiger partial charge in [-0.1, -0.05) is 46.5 Å². The third-order valence-corrected chi connectivity index (χ3v) is 3.55. The molecule has 0 aliphatic rings. The van der Waals surface area contributed by atoms with E-state index >= 15 is 0 Å². The van der Waals surface area contributed by atoms with E-state index in [0.717, 1.165) is 25.7 Å². The van der Waals surface area contributed by atoms with Gasteiger partial charge in [-0.15, -0.1) is 0 Å². The molecule has 0 rings (SSSR count). The van der Waals surface area contributed by atoms with Crippen LogP contribution in [0.25, 0.3) is 0 Å². The van der Waals surface area contributed by atoms with E-state index in [-0.39, 0.29) is 17.7 Å². The molecule has 0 radical (unpaired) electrons. The minimum atomic E-state index is -0.659. The highest BCUT2D eigenvalue weighted by atomic mass is 16.5. The number of unbranched alkanes of at least 4 members (excludes halogenated alkanes) is 3. The maximum absolute atomic E-state index is 12.4. The first-order chi connectivity index (χ1) is 10.8. The predicted octanol–water partition coefficient (Wildman–Crippen LogP) is 2.17. The van der Waals surface area contributed by atoms with E-state index < -0.39 is 18.1 Å². The van der Waals surface area contributed by atoms with Gasteiger partial charge in [0.15, 0.2) is 0 Å². The topological polar surface area (TPSA) is 84.5 Å². The third kappa shape index (κ3) is 9.92. The minimum Gasteiger partial charge on any atom is -0.467 e. The maximum atomic E-state index is 12.4. The van der Waals surface area contributed by atoms with Crippen molar-refractivity contribution < 1.29 is 19.1 Å². The first-order valence-electron chi connectivity index (χ1n) is 8.47. The molecule has 0 bridgehead atoms. The molecule has 2 amide bonds. The zero-order chi connectivity index (χ0) is 17.8. The number of rotatable bonds is 11. The van der Waals surface area contributed by atoms with Gasteiger partial charge in [-0.05, 0) is 18.8 Å². The normalized spacial score (nSPS) is 13.3. The van der Waals surface area contributed by atoms with Gasteiger partial charge < -0.3 is 15.4 Å². The van der Waals surface area contributed by atoms with E-state index in [1.54, 1.807) is 0 Å². The maximum Gasteiger partial charge on any atom is 0.328 e. The van der Waals surface area contributed by atoms with Gasteiger partial charge in [-0.3, -0.25) is 9.59 Å². The highest BCUT2D eigenvalue weighted by molar-refractivity contribution is 5.90. The number of amides is 2. The van der Waals surface area contributed by atoms with Gasteiger partial charge in [0.2, 0.25) is 11.8 Å². The molecule has 0 aromatic carbocycles. The van der Waals surface area contributed by atoms with E-state index in [0.29, 0.717) is 12.8 Å². The Morgan fingerprint density at radius 2 is 1.65 bits per heavy atom. The molecule has 0 saturated carbocycles. The fraction of sp³-hybridized carbons (Fsp3) is 0.824. The van der Waals surface area contributed by atoms with E-state index in [2.05, 4.69) is 17.6 Å². The lowest BCUT2D eigenvalue weighted by molar-refractivity contribution is -0.145. The van der Waals surface area contributed by atoms with Crippen LogP contribution >= 0.6 is 0 Å². The van der Waals surface area contributed by atoms with Crippen LogP contribution in [0.5, 0.6) is 0 Å². The molecule has 2 N–H and O–H groups in total. The highest BCUT2D eigenvalue weighted by Gasteiger charge is 2.26. The standard InChI is InChI=1S/C17H32N2O4/c1-6-7-8-9-10-14(17(22)23-5)19-16(21)15(11-12(2)3)18-13(4)20/h12,14-15H,6-11H2,1-5H3,(H,18,20)(H,19,21)/t14-,15-/m0/s1. The van der Waals surface area contributed by atoms with Crippen molar-refractivity contribution in [1.29, 1.82) is 0 Å². The Morgan fingerprint density at radius 3 is 2.13 bits per heavy atom. The van der Waals surface area contributed by atoms with Crippen LogP contribution in [0.2, 0.25) is 0 Å². The molecule has 23 heavy (non-hydrogen) atoms. The number of carbonyl (C=O) groups is 3. The Hall–Kier alpha value is -1.59. The number of ether oxygens (including phenoxy) is 1. The summed E-state index contributed by atoms with van der Waals surface area (Å²) in [7, 11) is 1.31. The zero-order valence-corrected chi connectivity index (χ0v) is 15.1. The second-order valence-corrected chi connectivity index (χ2v) is 6.32. The zero-order valence-electron chi connectivity index (χ0n) is 15.1. The molecule has 0 aromatic heterocycles. The summed E-state index contributed by atoms with van der Waals surface area (Å²) in [5.41, 5.74) is 0. The van der Waals surface area contributed by atoms with Crippen LogP contribution in [0.15, 0.2) is 0 Å². The van der Waals surface area contributed by atoms with Crippen LogP contribution in [-0.2, 0) is 19.1 Å². The lowest BCUT2D eigenvalue weighted by Crippen LogP contribution is -2.51. The molecular formula is C17H32N2O4. The van der Waals surface area contributed by atoms with Crippen molar-refractivity contribution in [3.05, 3.63) is 0 Å². The van der Waals surface area contributed by atoms with Gasteiger partial charge in [-0.2, -0.15) is 0 Å². The first kappa shape index (κ1) is 21.4. The molecular weight excluding hydrogens is 296 g/mol. The summed E-state index contributed by atoms with van der Waals surface area (Å²) in [5, 5.41) is 5.37. The molecule has 0 aromatic rings. The van der Waals surface area contributed by atoms with E-state index in [1.165, 1.54) is 14.0 Å². The number of carbonyl (C=O) groups excluding carboxylic acids is 3. The number of hydrogen-bond acceptors (Lipinski definition) is 4. The van der Waals surface area contributed by atoms with Crippen molar-refractivity contribution in [3.63, 3.8) is 0 Å². The summed E-state index contributed by atoms with van der Waals surface area (Å²) in [4.78, 5) is 35.5. The van der Waals surface area contributed by atoms with Gasteiger partial charge in [-0.25, -0.2) is 4.79 Å². The van der Waals surface area contributed by atoms with Crippen molar-refractivity contribution >= 4 is 17.8 Å². The van der Waals surface area contributed by atoms with Crippen molar-refractivity contribution in [2.75, 3.05) is 7.11 Å². The van der Waals surface area contributed by atoms with Crippen molar-refractivity contribution in [1.82, 2.24) is 10.6 Å². The molecule has 0 heterocycles. The number of esters is 1. The second-order valence-electron chi connectivity index (χ2n) is 6.32. The number of methoxy groups -OCH3 is 1. The third-order valence-electron chi connectivity index (χ3n) is 3.55. The Kier molecular flexibility index (Phi) is 11.1. The quantitative estimate of drug-likeness (QED) is 0.450. The van der Waals surface area contributed by atoms with Crippen LogP contribution in [-0.4, -0.2) is 37.0 Å². The first-order valence-corrected chi connectivity index (χ1v) is 8.47. The summed E-state index contributed by atoms with van der Waals surface area (Å²) < 4.78 is 4.77. The molecule has 0 aliphatic heterocycles. The molecule has 0 aliphatic carbocycles. The summed E-state index contributed by atoms with van der Waals surface area (Å²) in [6, 6.07) is -1.29. The lowest BCUT2D eigenvalue weighted by Gasteiger charge is -2.23. The van der Waals surface area contributed by atoms with Crippen LogP contribution in [0.1, 0.15) is 66.2 Å². The summed E-state index contributed by atoms with van der Waals surface area (Å²) in [6.07, 6.45) is 5.14. The number of nitrogens with one attached hydrogen (secondary N) is 2. The molecule has 0 fully saturated rings. The average Bonchev–Trinajstić information content (AvgIpc) is 2.47. The fourth-order valence-corrected chi connectivity index (χ4v) is 2.39. The smallest absolute Gasteiger partial charge is 0.328 e. The van der Waals surface area contributed by atoms with Gasteiger partial charge in [0.1, 0.15) is 12.1 Å². The van der Waals surface area contributed by atoms with E-state index in [4.69, 9.17) is 4.74 Å². The summed E-state index contributed by atoms with van der Waals surface area (Å²) >= 11 is 0. The predicted molar refractivity (Wildman–Crippen MR) is 89.8 cm³/mol. The highest BCUT2D eigenvalue weighted by Crippen LogP contribution is 2.09. The summed E-state index contributed by atoms with van der Waals surface area (Å²) in [5.74, 6) is -0.789. The fourth-order valence-electron chi connectivity index (χ4n) is 2.39. The van der Waals surface area contributed by atoms with Crippen LogP contribution < -0.4 is 10.6 Å². The number of hydrogen-bond donors (Lipinski definition) is 2. The molecule has 6 heteroatoms. The van der Waals surface area contributed by atoms with Crippen molar-refractivity contribution in [2.45, 2.75) is 78.3 Å². The second kappa shape index (κ2) is 11.9. The van der Waals surface area contributed by atoms with E-state index in [9.17, 15) is 14.4 Å². The molecule has 2 atom stereocenters. The van der Waals surface area contributed by atoms with Crippen LogP contribution in [0.4, 0.5) is 0 Å². The van der Waals surface area contributed by atoms with Gasteiger partial charge >= 0.3 is 5.97 Å². The minimum absolute atomic E-state index is 0.249. The van der Waals surface area contributed by atoms with Crippen LogP contribution in [0.3, 0.4) is 0 Å². The monoisotopic (exact) mass is 328 g/mol. The van der Waals surface area contributed by atoms with Gasteiger partial charge in [0.05, 0.1) is 7.11 Å². The lowest BCUT2D eigenvalue weighted by atomic mass is 10.0. The molecule has 6 nitrogen and oxygen atoms in total. The SMILES string of the molecule is CCCCCC[C@H](NC(=O)[C@H](CC(C)C)NC(C)=O)C(=O)OC. The van der Waals surface area contributed by atoms with Gasteiger partial charge in [0.25, 0.3) is 0 Å². The molecule has 0 unspecified atom stereocenters. The van der Waals surface area contributed by atoms with E-state index in [1.807, 2.05) is 13.8 Å². The Labute approximate surface area is 139 Å². The largest absolute Gasteiger partial charge is 0.467 e. The van der Waals surface area contributed by atoms with Gasteiger partial charge in [0, 0.05) is 6.92 Å². The molecule has 134 valence electrons. The van der Waals surface area contributed by atoms with Crippen molar-refractivity contribution in [3.8, 4) is 0 Å². The average molecular weight is 328 g/mol.